The van der Waals surface area contributed by atoms with E-state index in [-0.39, 0.29) is 19.4 Å². The van der Waals surface area contributed by atoms with E-state index in [4.69, 9.17) is 10.6 Å². The van der Waals surface area contributed by atoms with Gasteiger partial charge in [0.25, 0.3) is 0 Å². The quantitative estimate of drug-likeness (QED) is 0.196. The van der Waals surface area contributed by atoms with Crippen LogP contribution in [0.3, 0.4) is 0 Å². The minimum absolute atomic E-state index is 0.105. The maximum absolute atomic E-state index is 11.1. The molecule has 0 unspecified atom stereocenters. The molecule has 0 aromatic carbocycles. The number of thioether (sulfide) groups is 1. The summed E-state index contributed by atoms with van der Waals surface area (Å²) in [6.45, 7) is 3.57. The second kappa shape index (κ2) is 8.78. The Morgan fingerprint density at radius 1 is 1.50 bits per heavy atom. The van der Waals surface area contributed by atoms with Gasteiger partial charge in [-0.2, -0.15) is 5.10 Å². The average molecular weight is 246 g/mol. The first-order chi connectivity index (χ1) is 7.63. The van der Waals surface area contributed by atoms with Crippen molar-refractivity contribution in [1.29, 1.82) is 0 Å². The van der Waals surface area contributed by atoms with E-state index >= 15 is 0 Å². The van der Waals surface area contributed by atoms with Gasteiger partial charge in [-0.3, -0.25) is 4.79 Å². The van der Waals surface area contributed by atoms with Crippen molar-refractivity contribution in [3.8, 4) is 0 Å². The maximum Gasteiger partial charge on any atom is 0.373 e. The minimum atomic E-state index is -0.524. The van der Waals surface area contributed by atoms with Gasteiger partial charge in [-0.15, -0.1) is 0 Å². The molecule has 0 saturated carbocycles. The van der Waals surface area contributed by atoms with Crippen LogP contribution in [0.25, 0.3) is 0 Å². The van der Waals surface area contributed by atoms with Gasteiger partial charge in [-0.05, 0) is 0 Å². The highest BCUT2D eigenvalue weighted by Gasteiger charge is 2.11. The molecule has 6 nitrogen and oxygen atoms in total. The number of hydrazone groups is 1. The standard InChI is InChI=1S/C9H14N2O4S/c1-3-6-15-8(12)5-4-7(11-10)16-9(13)14-2/h3H,1,4-6,10H2,2H3/b11-7-. The summed E-state index contributed by atoms with van der Waals surface area (Å²) in [4.78, 5) is 22.0. The highest BCUT2D eigenvalue weighted by Crippen LogP contribution is 2.12. The van der Waals surface area contributed by atoms with Crippen molar-refractivity contribution in [2.75, 3.05) is 13.7 Å². The van der Waals surface area contributed by atoms with Gasteiger partial charge in [0.05, 0.1) is 13.5 Å². The lowest BCUT2D eigenvalue weighted by molar-refractivity contribution is -0.142. The summed E-state index contributed by atoms with van der Waals surface area (Å²) in [6.07, 6.45) is 1.82. The molecular weight excluding hydrogens is 232 g/mol. The predicted molar refractivity (Wildman–Crippen MR) is 62.0 cm³/mol. The molecule has 0 atom stereocenters. The molecule has 0 radical (unpaired) electrons. The molecule has 0 aliphatic heterocycles. The monoisotopic (exact) mass is 246 g/mol. The SMILES string of the molecule is C=CCOC(=O)CC/C(=N/N)SC(=O)OC. The Kier molecular flexibility index (Phi) is 7.96. The Labute approximate surface area is 97.8 Å². The zero-order valence-corrected chi connectivity index (χ0v) is 9.79. The first-order valence-electron chi connectivity index (χ1n) is 4.43. The van der Waals surface area contributed by atoms with E-state index in [1.165, 1.54) is 13.2 Å². The number of rotatable bonds is 5. The van der Waals surface area contributed by atoms with E-state index in [1.807, 2.05) is 0 Å². The van der Waals surface area contributed by atoms with Gasteiger partial charge in [0.2, 0.25) is 0 Å². The molecule has 0 spiro atoms. The number of hydrogen-bond acceptors (Lipinski definition) is 7. The van der Waals surface area contributed by atoms with Gasteiger partial charge >= 0.3 is 11.3 Å². The molecule has 16 heavy (non-hydrogen) atoms. The van der Waals surface area contributed by atoms with Gasteiger partial charge in [0, 0.05) is 18.2 Å². The minimum Gasteiger partial charge on any atom is -0.461 e. The molecule has 0 aliphatic carbocycles. The van der Waals surface area contributed by atoms with Crippen LogP contribution in [0.5, 0.6) is 0 Å². The first-order valence-corrected chi connectivity index (χ1v) is 5.24. The third-order valence-electron chi connectivity index (χ3n) is 1.42. The van der Waals surface area contributed by atoms with E-state index in [0.717, 1.165) is 11.8 Å². The van der Waals surface area contributed by atoms with Gasteiger partial charge in [0.1, 0.15) is 11.7 Å². The van der Waals surface area contributed by atoms with Crippen molar-refractivity contribution < 1.29 is 19.1 Å². The predicted octanol–water partition coefficient (Wildman–Crippen LogP) is 1.27. The van der Waals surface area contributed by atoms with Gasteiger partial charge in [-0.25, -0.2) is 4.79 Å². The average Bonchev–Trinajstić information content (AvgIpc) is 2.31. The maximum atomic E-state index is 11.1. The van der Waals surface area contributed by atoms with Crippen LogP contribution in [0.4, 0.5) is 4.79 Å². The molecule has 2 N–H and O–H groups in total. The molecule has 0 aliphatic rings. The Hall–Kier alpha value is -1.50. The van der Waals surface area contributed by atoms with Crippen LogP contribution in [0.2, 0.25) is 0 Å². The lowest BCUT2D eigenvalue weighted by Crippen LogP contribution is -2.09. The molecule has 0 fully saturated rings. The Morgan fingerprint density at radius 2 is 2.19 bits per heavy atom. The Morgan fingerprint density at radius 3 is 2.69 bits per heavy atom. The van der Waals surface area contributed by atoms with Crippen molar-refractivity contribution in [2.24, 2.45) is 10.9 Å². The van der Waals surface area contributed by atoms with Crippen LogP contribution in [0.15, 0.2) is 17.8 Å². The topological polar surface area (TPSA) is 91.0 Å². The fraction of sp³-hybridized carbons (Fsp3) is 0.444. The largest absolute Gasteiger partial charge is 0.461 e. The summed E-state index contributed by atoms with van der Waals surface area (Å²) >= 11 is 0.746. The summed E-state index contributed by atoms with van der Waals surface area (Å²) in [5, 5.41) is 3.18. The summed E-state index contributed by atoms with van der Waals surface area (Å²) < 4.78 is 9.15. The molecule has 0 aromatic rings. The van der Waals surface area contributed by atoms with Crippen LogP contribution in [-0.4, -0.2) is 30.0 Å². The molecule has 0 saturated heterocycles. The molecule has 0 aromatic heterocycles. The summed E-state index contributed by atoms with van der Waals surface area (Å²) in [6, 6.07) is 0. The van der Waals surface area contributed by atoms with Gasteiger partial charge < -0.3 is 15.3 Å². The number of nitrogens with two attached hydrogens (primary N) is 1. The third-order valence-corrected chi connectivity index (χ3v) is 2.30. The van der Waals surface area contributed by atoms with Crippen LogP contribution in [0, 0.1) is 0 Å². The lowest BCUT2D eigenvalue weighted by atomic mass is 10.3. The second-order valence-corrected chi connectivity index (χ2v) is 3.56. The van der Waals surface area contributed by atoms with E-state index in [1.54, 1.807) is 0 Å². The van der Waals surface area contributed by atoms with Crippen LogP contribution < -0.4 is 5.84 Å². The molecule has 0 amide bonds. The molecule has 0 rings (SSSR count). The number of carbonyl (C=O) groups excluding carboxylic acids is 2. The van der Waals surface area contributed by atoms with Crippen LogP contribution in [-0.2, 0) is 14.3 Å². The molecule has 90 valence electrons. The molecule has 0 heterocycles. The number of ether oxygens (including phenoxy) is 2. The number of carbonyl (C=O) groups is 2. The fourth-order valence-corrected chi connectivity index (χ4v) is 1.25. The van der Waals surface area contributed by atoms with Gasteiger partial charge in [0.15, 0.2) is 0 Å². The highest BCUT2D eigenvalue weighted by molar-refractivity contribution is 8.26. The van der Waals surface area contributed by atoms with Crippen molar-refractivity contribution >= 4 is 28.1 Å². The van der Waals surface area contributed by atoms with Crippen molar-refractivity contribution in [3.63, 3.8) is 0 Å². The third kappa shape index (κ3) is 6.88. The van der Waals surface area contributed by atoms with E-state index in [9.17, 15) is 9.59 Å². The fourth-order valence-electron chi connectivity index (χ4n) is 0.713. The Balaban J connectivity index is 3.92. The number of nitrogens with zero attached hydrogens (tertiary/aromatic N) is 1. The van der Waals surface area contributed by atoms with E-state index < -0.39 is 11.3 Å². The first kappa shape index (κ1) is 14.5. The zero-order valence-electron chi connectivity index (χ0n) is 8.97. The summed E-state index contributed by atoms with van der Waals surface area (Å²) in [5.41, 5.74) is 0. The van der Waals surface area contributed by atoms with Crippen molar-refractivity contribution in [1.82, 2.24) is 0 Å². The summed E-state index contributed by atoms with van der Waals surface area (Å²) in [7, 11) is 1.25. The van der Waals surface area contributed by atoms with Crippen LogP contribution >= 0.6 is 11.8 Å². The normalized spacial score (nSPS) is 10.7. The highest BCUT2D eigenvalue weighted by atomic mass is 32.2. The second-order valence-electron chi connectivity index (χ2n) is 2.55. The zero-order chi connectivity index (χ0) is 12.4. The van der Waals surface area contributed by atoms with E-state index in [2.05, 4.69) is 16.4 Å². The van der Waals surface area contributed by atoms with Crippen LogP contribution in [0.1, 0.15) is 12.8 Å². The van der Waals surface area contributed by atoms with Crippen molar-refractivity contribution in [2.45, 2.75) is 12.8 Å². The summed E-state index contributed by atoms with van der Waals surface area (Å²) in [5.74, 6) is 4.66. The van der Waals surface area contributed by atoms with Crippen molar-refractivity contribution in [3.05, 3.63) is 12.7 Å². The van der Waals surface area contributed by atoms with E-state index in [0.29, 0.717) is 5.04 Å². The number of esters is 1. The number of hydrogen-bond donors (Lipinski definition) is 1. The Bertz CT molecular complexity index is 291. The lowest BCUT2D eigenvalue weighted by Gasteiger charge is -2.03. The van der Waals surface area contributed by atoms with Gasteiger partial charge in [-0.1, -0.05) is 12.7 Å². The number of methoxy groups -OCH3 is 1. The molecule has 7 heteroatoms. The smallest absolute Gasteiger partial charge is 0.373 e. The molecule has 0 bridgehead atoms. The molecular formula is C9H14N2O4S.